The molecule has 0 fully saturated rings. The Morgan fingerprint density at radius 3 is 2.23 bits per heavy atom. The SMILES string of the molecule is COC(=O)Cc1cc(C)cc(-c2ccc(C(F)(F)F)cc2)c1. The molecule has 0 atom stereocenters. The summed E-state index contributed by atoms with van der Waals surface area (Å²) in [6.45, 7) is 1.87. The molecule has 2 aromatic rings. The van der Waals surface area contributed by atoms with Gasteiger partial charge in [0.1, 0.15) is 0 Å². The topological polar surface area (TPSA) is 26.3 Å². The summed E-state index contributed by atoms with van der Waals surface area (Å²) < 4.78 is 42.4. The molecular weight excluding hydrogens is 293 g/mol. The average molecular weight is 308 g/mol. The molecule has 2 rings (SSSR count). The van der Waals surface area contributed by atoms with Crippen LogP contribution in [0.5, 0.6) is 0 Å². The molecule has 0 bridgehead atoms. The molecule has 2 nitrogen and oxygen atoms in total. The Kier molecular flexibility index (Phi) is 4.54. The summed E-state index contributed by atoms with van der Waals surface area (Å²) in [5, 5.41) is 0. The molecule has 0 amide bonds. The second-order valence-electron chi connectivity index (χ2n) is 5.04. The second kappa shape index (κ2) is 6.22. The molecule has 5 heteroatoms. The van der Waals surface area contributed by atoms with Crippen molar-refractivity contribution in [2.24, 2.45) is 0 Å². The summed E-state index contributed by atoms with van der Waals surface area (Å²) in [7, 11) is 1.31. The molecule has 0 saturated heterocycles. The van der Waals surface area contributed by atoms with Gasteiger partial charge in [-0.25, -0.2) is 0 Å². The first-order chi connectivity index (χ1) is 10.3. The Balaban J connectivity index is 2.34. The maximum atomic E-state index is 12.6. The minimum atomic E-state index is -4.35. The highest BCUT2D eigenvalue weighted by Crippen LogP contribution is 2.31. The lowest BCUT2D eigenvalue weighted by Gasteiger charge is -2.10. The van der Waals surface area contributed by atoms with Gasteiger partial charge in [0.15, 0.2) is 0 Å². The number of ether oxygens (including phenoxy) is 1. The lowest BCUT2D eigenvalue weighted by molar-refractivity contribution is -0.140. The summed E-state index contributed by atoms with van der Waals surface area (Å²) >= 11 is 0. The van der Waals surface area contributed by atoms with Gasteiger partial charge in [-0.15, -0.1) is 0 Å². The number of hydrogen-bond donors (Lipinski definition) is 0. The van der Waals surface area contributed by atoms with Crippen LogP contribution in [-0.2, 0) is 22.1 Å². The molecule has 0 saturated carbocycles. The smallest absolute Gasteiger partial charge is 0.416 e. The van der Waals surface area contributed by atoms with E-state index in [9.17, 15) is 18.0 Å². The number of alkyl halides is 3. The lowest BCUT2D eigenvalue weighted by Crippen LogP contribution is -2.05. The Hall–Kier alpha value is -2.30. The zero-order chi connectivity index (χ0) is 16.3. The van der Waals surface area contributed by atoms with Gasteiger partial charge in [-0.1, -0.05) is 35.9 Å². The van der Waals surface area contributed by atoms with Crippen molar-refractivity contribution < 1.29 is 22.7 Å². The molecule has 0 unspecified atom stereocenters. The predicted octanol–water partition coefficient (Wildman–Crippen LogP) is 4.40. The van der Waals surface area contributed by atoms with Crippen molar-refractivity contribution in [2.75, 3.05) is 7.11 Å². The molecule has 0 heterocycles. The van der Waals surface area contributed by atoms with Crippen LogP contribution in [0.15, 0.2) is 42.5 Å². The van der Waals surface area contributed by atoms with Crippen LogP contribution in [0.1, 0.15) is 16.7 Å². The number of halogens is 3. The van der Waals surface area contributed by atoms with E-state index >= 15 is 0 Å². The van der Waals surface area contributed by atoms with E-state index in [1.165, 1.54) is 19.2 Å². The second-order valence-corrected chi connectivity index (χ2v) is 5.04. The zero-order valence-electron chi connectivity index (χ0n) is 12.2. The lowest BCUT2D eigenvalue weighted by atomic mass is 9.98. The van der Waals surface area contributed by atoms with Crippen LogP contribution in [0, 0.1) is 6.92 Å². The van der Waals surface area contributed by atoms with Gasteiger partial charge in [0.2, 0.25) is 0 Å². The number of benzene rings is 2. The van der Waals surface area contributed by atoms with Gasteiger partial charge < -0.3 is 4.74 Å². The van der Waals surface area contributed by atoms with Crippen LogP contribution in [0.4, 0.5) is 13.2 Å². The standard InChI is InChI=1S/C17H15F3O2/c1-11-7-12(10-16(21)22-2)9-14(8-11)13-3-5-15(6-4-13)17(18,19)20/h3-9H,10H2,1-2H3. The predicted molar refractivity (Wildman–Crippen MR) is 77.3 cm³/mol. The highest BCUT2D eigenvalue weighted by atomic mass is 19.4. The number of methoxy groups -OCH3 is 1. The summed E-state index contributed by atoms with van der Waals surface area (Å²) in [5.74, 6) is -0.357. The van der Waals surface area contributed by atoms with Crippen LogP contribution in [0.25, 0.3) is 11.1 Å². The van der Waals surface area contributed by atoms with Crippen LogP contribution >= 0.6 is 0 Å². The highest BCUT2D eigenvalue weighted by molar-refractivity contribution is 5.74. The van der Waals surface area contributed by atoms with Gasteiger partial charge in [0.05, 0.1) is 19.1 Å². The summed E-state index contributed by atoms with van der Waals surface area (Å²) in [6, 6.07) is 10.5. The molecule has 0 aliphatic carbocycles. The van der Waals surface area contributed by atoms with Crippen LogP contribution < -0.4 is 0 Å². The third kappa shape index (κ3) is 3.87. The van der Waals surface area contributed by atoms with Crippen molar-refractivity contribution >= 4 is 5.97 Å². The van der Waals surface area contributed by atoms with Crippen molar-refractivity contribution in [2.45, 2.75) is 19.5 Å². The quantitative estimate of drug-likeness (QED) is 0.786. The number of carbonyl (C=O) groups is 1. The van der Waals surface area contributed by atoms with Gasteiger partial charge in [-0.2, -0.15) is 13.2 Å². The van der Waals surface area contributed by atoms with Gasteiger partial charge in [0, 0.05) is 0 Å². The molecule has 116 valence electrons. The number of esters is 1. The minimum Gasteiger partial charge on any atom is -0.469 e. The van der Waals surface area contributed by atoms with E-state index in [1.54, 1.807) is 6.07 Å². The summed E-state index contributed by atoms with van der Waals surface area (Å²) in [4.78, 5) is 11.3. The first kappa shape index (κ1) is 16.1. The Morgan fingerprint density at radius 2 is 1.68 bits per heavy atom. The molecule has 0 N–H and O–H groups in total. The molecule has 22 heavy (non-hydrogen) atoms. The number of rotatable bonds is 3. The Bertz CT molecular complexity index is 673. The monoisotopic (exact) mass is 308 g/mol. The summed E-state index contributed by atoms with van der Waals surface area (Å²) in [5.41, 5.74) is 2.45. The van der Waals surface area contributed by atoms with Gasteiger partial charge in [-0.05, 0) is 35.7 Å². The minimum absolute atomic E-state index is 0.131. The molecule has 2 aromatic carbocycles. The van der Waals surface area contributed by atoms with Crippen molar-refractivity contribution in [1.82, 2.24) is 0 Å². The fraction of sp³-hybridized carbons (Fsp3) is 0.235. The van der Waals surface area contributed by atoms with Gasteiger partial charge in [-0.3, -0.25) is 4.79 Å². The van der Waals surface area contributed by atoms with Gasteiger partial charge in [0.25, 0.3) is 0 Å². The fourth-order valence-corrected chi connectivity index (χ4v) is 2.22. The number of carbonyl (C=O) groups excluding carboxylic acids is 1. The first-order valence-corrected chi connectivity index (χ1v) is 6.64. The molecule has 0 aliphatic rings. The third-order valence-corrected chi connectivity index (χ3v) is 3.26. The highest BCUT2D eigenvalue weighted by Gasteiger charge is 2.29. The van der Waals surface area contributed by atoms with Crippen LogP contribution in [0.2, 0.25) is 0 Å². The number of hydrogen-bond acceptors (Lipinski definition) is 2. The Labute approximate surface area is 126 Å². The fourth-order valence-electron chi connectivity index (χ4n) is 2.22. The van der Waals surface area contributed by atoms with E-state index in [4.69, 9.17) is 0 Å². The molecular formula is C17H15F3O2. The van der Waals surface area contributed by atoms with E-state index in [0.29, 0.717) is 5.56 Å². The van der Waals surface area contributed by atoms with Crippen molar-refractivity contribution in [1.29, 1.82) is 0 Å². The maximum absolute atomic E-state index is 12.6. The average Bonchev–Trinajstić information content (AvgIpc) is 2.45. The third-order valence-electron chi connectivity index (χ3n) is 3.26. The van der Waals surface area contributed by atoms with Crippen LogP contribution in [0.3, 0.4) is 0 Å². The molecule has 0 spiro atoms. The van der Waals surface area contributed by atoms with E-state index in [1.807, 2.05) is 19.1 Å². The van der Waals surface area contributed by atoms with E-state index in [2.05, 4.69) is 4.74 Å². The van der Waals surface area contributed by atoms with Gasteiger partial charge >= 0.3 is 12.1 Å². The Morgan fingerprint density at radius 1 is 1.05 bits per heavy atom. The first-order valence-electron chi connectivity index (χ1n) is 6.64. The summed E-state index contributed by atoms with van der Waals surface area (Å²) in [6.07, 6.45) is -4.22. The largest absolute Gasteiger partial charge is 0.469 e. The van der Waals surface area contributed by atoms with E-state index in [-0.39, 0.29) is 12.4 Å². The number of aryl methyl sites for hydroxylation is 1. The van der Waals surface area contributed by atoms with E-state index < -0.39 is 11.7 Å². The van der Waals surface area contributed by atoms with Crippen molar-refractivity contribution in [3.63, 3.8) is 0 Å². The molecule has 0 aliphatic heterocycles. The van der Waals surface area contributed by atoms with Crippen molar-refractivity contribution in [3.05, 3.63) is 59.2 Å². The van der Waals surface area contributed by atoms with Crippen molar-refractivity contribution in [3.8, 4) is 11.1 Å². The maximum Gasteiger partial charge on any atom is 0.416 e. The normalized spacial score (nSPS) is 11.3. The van der Waals surface area contributed by atoms with Crippen LogP contribution in [-0.4, -0.2) is 13.1 Å². The molecule has 0 radical (unpaired) electrons. The molecule has 0 aromatic heterocycles. The zero-order valence-corrected chi connectivity index (χ0v) is 12.2. The van der Waals surface area contributed by atoms with E-state index in [0.717, 1.165) is 28.8 Å².